The van der Waals surface area contributed by atoms with Crippen LogP contribution in [0.4, 0.5) is 0 Å². The molecule has 0 saturated carbocycles. The summed E-state index contributed by atoms with van der Waals surface area (Å²) < 4.78 is 5.87. The molecule has 0 amide bonds. The van der Waals surface area contributed by atoms with Crippen LogP contribution < -0.4 is 5.32 Å². The van der Waals surface area contributed by atoms with Crippen molar-refractivity contribution in [3.05, 3.63) is 42.4 Å². The Labute approximate surface area is 123 Å². The van der Waals surface area contributed by atoms with Crippen LogP contribution in [-0.2, 0) is 0 Å². The van der Waals surface area contributed by atoms with Gasteiger partial charge in [-0.25, -0.2) is 0 Å². The molecule has 1 aromatic carbocycles. The van der Waals surface area contributed by atoms with Crippen LogP contribution in [0.2, 0.25) is 0 Å². The lowest BCUT2D eigenvalue weighted by Crippen LogP contribution is -2.20. The molecule has 0 aliphatic rings. The minimum Gasteiger partial charge on any atom is -0.419 e. The SMILES string of the molecule is CCNC(CC)c1nnc(-c2ccnc3ccccc23)o1. The Balaban J connectivity index is 2.02. The van der Waals surface area contributed by atoms with Crippen LogP contribution in [-0.4, -0.2) is 21.7 Å². The Morgan fingerprint density at radius 3 is 2.81 bits per heavy atom. The second-order valence-electron chi connectivity index (χ2n) is 4.84. The molecule has 1 N–H and O–H groups in total. The molecule has 2 aromatic heterocycles. The van der Waals surface area contributed by atoms with E-state index in [1.807, 2.05) is 30.3 Å². The van der Waals surface area contributed by atoms with E-state index >= 15 is 0 Å². The molecular weight excluding hydrogens is 264 g/mol. The van der Waals surface area contributed by atoms with E-state index in [0.29, 0.717) is 11.8 Å². The van der Waals surface area contributed by atoms with Crippen molar-refractivity contribution in [2.45, 2.75) is 26.3 Å². The average molecular weight is 282 g/mol. The Morgan fingerprint density at radius 2 is 2.00 bits per heavy atom. The maximum absolute atomic E-state index is 5.87. The molecule has 5 heteroatoms. The zero-order chi connectivity index (χ0) is 14.7. The molecule has 3 aromatic rings. The first-order valence-corrected chi connectivity index (χ1v) is 7.24. The molecule has 0 radical (unpaired) electrons. The average Bonchev–Trinajstić information content (AvgIpc) is 3.01. The van der Waals surface area contributed by atoms with Crippen molar-refractivity contribution < 1.29 is 4.42 Å². The molecule has 0 aliphatic heterocycles. The van der Waals surface area contributed by atoms with Gasteiger partial charge in [0.2, 0.25) is 11.8 Å². The largest absolute Gasteiger partial charge is 0.419 e. The van der Waals surface area contributed by atoms with Crippen molar-refractivity contribution in [2.24, 2.45) is 0 Å². The molecule has 0 bridgehead atoms. The zero-order valence-corrected chi connectivity index (χ0v) is 12.2. The highest BCUT2D eigenvalue weighted by Gasteiger charge is 2.17. The summed E-state index contributed by atoms with van der Waals surface area (Å²) in [7, 11) is 0. The molecular formula is C16H18N4O. The third kappa shape index (κ3) is 2.64. The van der Waals surface area contributed by atoms with E-state index < -0.39 is 0 Å². The van der Waals surface area contributed by atoms with E-state index in [-0.39, 0.29) is 6.04 Å². The smallest absolute Gasteiger partial charge is 0.248 e. The number of aromatic nitrogens is 3. The number of benzene rings is 1. The van der Waals surface area contributed by atoms with Gasteiger partial charge < -0.3 is 9.73 Å². The molecule has 5 nitrogen and oxygen atoms in total. The predicted octanol–water partition coefficient (Wildman–Crippen LogP) is 3.35. The first-order valence-electron chi connectivity index (χ1n) is 7.24. The second-order valence-corrected chi connectivity index (χ2v) is 4.84. The van der Waals surface area contributed by atoms with E-state index in [0.717, 1.165) is 29.4 Å². The number of hydrogen-bond donors (Lipinski definition) is 1. The number of hydrogen-bond acceptors (Lipinski definition) is 5. The summed E-state index contributed by atoms with van der Waals surface area (Å²) in [6, 6.07) is 9.96. The highest BCUT2D eigenvalue weighted by molar-refractivity contribution is 5.91. The van der Waals surface area contributed by atoms with Gasteiger partial charge in [0.15, 0.2) is 0 Å². The highest BCUT2D eigenvalue weighted by Crippen LogP contribution is 2.27. The fraction of sp³-hybridized carbons (Fsp3) is 0.312. The topological polar surface area (TPSA) is 63.8 Å². The monoisotopic (exact) mass is 282 g/mol. The fourth-order valence-corrected chi connectivity index (χ4v) is 2.42. The minimum absolute atomic E-state index is 0.101. The molecule has 0 aliphatic carbocycles. The van der Waals surface area contributed by atoms with Gasteiger partial charge in [-0.1, -0.05) is 32.0 Å². The van der Waals surface area contributed by atoms with E-state index in [1.54, 1.807) is 6.20 Å². The van der Waals surface area contributed by atoms with Crippen molar-refractivity contribution in [1.82, 2.24) is 20.5 Å². The summed E-state index contributed by atoms with van der Waals surface area (Å²) in [4.78, 5) is 4.35. The third-order valence-corrected chi connectivity index (χ3v) is 3.48. The molecule has 3 rings (SSSR count). The lowest BCUT2D eigenvalue weighted by molar-refractivity contribution is 0.402. The molecule has 21 heavy (non-hydrogen) atoms. The van der Waals surface area contributed by atoms with Gasteiger partial charge in [-0.2, -0.15) is 0 Å². The van der Waals surface area contributed by atoms with Gasteiger partial charge >= 0.3 is 0 Å². The van der Waals surface area contributed by atoms with Crippen LogP contribution in [0.1, 0.15) is 32.2 Å². The van der Waals surface area contributed by atoms with Gasteiger partial charge in [-0.3, -0.25) is 4.98 Å². The van der Waals surface area contributed by atoms with E-state index in [2.05, 4.69) is 34.3 Å². The lowest BCUT2D eigenvalue weighted by atomic mass is 10.1. The summed E-state index contributed by atoms with van der Waals surface area (Å²) in [5, 5.41) is 12.8. The van der Waals surface area contributed by atoms with E-state index in [1.165, 1.54) is 0 Å². The Morgan fingerprint density at radius 1 is 1.14 bits per heavy atom. The first kappa shape index (κ1) is 13.7. The van der Waals surface area contributed by atoms with E-state index in [9.17, 15) is 0 Å². The molecule has 108 valence electrons. The summed E-state index contributed by atoms with van der Waals surface area (Å²) in [6.45, 7) is 5.03. The van der Waals surface area contributed by atoms with Crippen LogP contribution in [0.3, 0.4) is 0 Å². The predicted molar refractivity (Wildman–Crippen MR) is 81.7 cm³/mol. The van der Waals surface area contributed by atoms with Crippen molar-refractivity contribution in [3.63, 3.8) is 0 Å². The van der Waals surface area contributed by atoms with Gasteiger partial charge in [-0.05, 0) is 25.1 Å². The van der Waals surface area contributed by atoms with Gasteiger partial charge in [-0.15, -0.1) is 10.2 Å². The number of nitrogens with zero attached hydrogens (tertiary/aromatic N) is 3. The lowest BCUT2D eigenvalue weighted by Gasteiger charge is -2.10. The molecule has 2 heterocycles. The third-order valence-electron chi connectivity index (χ3n) is 3.48. The Hall–Kier alpha value is -2.27. The van der Waals surface area contributed by atoms with Crippen LogP contribution in [0.15, 0.2) is 40.9 Å². The highest BCUT2D eigenvalue weighted by atomic mass is 16.4. The van der Waals surface area contributed by atoms with Crippen LogP contribution >= 0.6 is 0 Å². The Kier molecular flexibility index (Phi) is 3.92. The summed E-state index contributed by atoms with van der Waals surface area (Å²) in [5.74, 6) is 1.18. The van der Waals surface area contributed by atoms with Crippen LogP contribution in [0.5, 0.6) is 0 Å². The minimum atomic E-state index is 0.101. The van der Waals surface area contributed by atoms with E-state index in [4.69, 9.17) is 4.42 Å². The quantitative estimate of drug-likeness (QED) is 0.777. The number of rotatable bonds is 5. The van der Waals surface area contributed by atoms with Crippen molar-refractivity contribution >= 4 is 10.9 Å². The van der Waals surface area contributed by atoms with Gasteiger partial charge in [0, 0.05) is 17.1 Å². The fourth-order valence-electron chi connectivity index (χ4n) is 2.42. The maximum atomic E-state index is 5.87. The van der Waals surface area contributed by atoms with Crippen LogP contribution in [0.25, 0.3) is 22.4 Å². The number of para-hydroxylation sites is 1. The molecule has 1 unspecified atom stereocenters. The second kappa shape index (κ2) is 6.01. The summed E-state index contributed by atoms with van der Waals surface area (Å²) >= 11 is 0. The summed E-state index contributed by atoms with van der Waals surface area (Å²) in [5.41, 5.74) is 1.85. The van der Waals surface area contributed by atoms with Crippen molar-refractivity contribution in [1.29, 1.82) is 0 Å². The number of pyridine rings is 1. The normalized spacial score (nSPS) is 12.7. The van der Waals surface area contributed by atoms with Crippen molar-refractivity contribution in [3.8, 4) is 11.5 Å². The molecule has 0 spiro atoms. The molecule has 0 fully saturated rings. The van der Waals surface area contributed by atoms with Crippen LogP contribution in [0, 0.1) is 0 Å². The molecule has 1 atom stereocenters. The zero-order valence-electron chi connectivity index (χ0n) is 12.2. The standard InChI is InChI=1S/C16H18N4O/c1-3-13(17-4-2)16-20-19-15(21-16)12-9-10-18-14-8-6-5-7-11(12)14/h5-10,13,17H,3-4H2,1-2H3. The van der Waals surface area contributed by atoms with Crippen molar-refractivity contribution in [2.75, 3.05) is 6.54 Å². The number of nitrogens with one attached hydrogen (secondary N) is 1. The van der Waals surface area contributed by atoms with Gasteiger partial charge in [0.05, 0.1) is 11.6 Å². The Bertz CT molecular complexity index is 732. The maximum Gasteiger partial charge on any atom is 0.248 e. The summed E-state index contributed by atoms with van der Waals surface area (Å²) in [6.07, 6.45) is 2.68. The molecule has 0 saturated heterocycles. The number of fused-ring (bicyclic) bond motifs is 1. The first-order chi connectivity index (χ1) is 10.3. The van der Waals surface area contributed by atoms with Gasteiger partial charge in [0.25, 0.3) is 0 Å². The van der Waals surface area contributed by atoms with Gasteiger partial charge in [0.1, 0.15) is 0 Å².